The van der Waals surface area contributed by atoms with Gasteiger partial charge in [0.25, 0.3) is 0 Å². The lowest BCUT2D eigenvalue weighted by Crippen LogP contribution is -2.48. The third-order valence-corrected chi connectivity index (χ3v) is 6.49. The number of ether oxygens (including phenoxy) is 5. The summed E-state index contributed by atoms with van der Waals surface area (Å²) in [5.74, 6) is 0.675. The molecular formula is C25H27BrO7. The molecule has 0 amide bonds. The van der Waals surface area contributed by atoms with Crippen LogP contribution in [0.1, 0.15) is 50.0 Å². The van der Waals surface area contributed by atoms with Gasteiger partial charge >= 0.3 is 11.9 Å². The number of fused-ring (bicyclic) bond motifs is 1. The quantitative estimate of drug-likeness (QED) is 0.538. The van der Waals surface area contributed by atoms with Crippen molar-refractivity contribution in [2.45, 2.75) is 58.0 Å². The van der Waals surface area contributed by atoms with E-state index in [0.29, 0.717) is 26.1 Å². The second-order valence-corrected chi connectivity index (χ2v) is 9.15. The number of carbonyl (C=O) groups is 2. The van der Waals surface area contributed by atoms with Crippen LogP contribution in [0.2, 0.25) is 0 Å². The second-order valence-electron chi connectivity index (χ2n) is 8.29. The van der Waals surface area contributed by atoms with Crippen LogP contribution < -0.4 is 9.47 Å². The summed E-state index contributed by atoms with van der Waals surface area (Å²) in [6.07, 6.45) is -0.866. The lowest BCUT2D eigenvalue weighted by atomic mass is 9.92. The average Bonchev–Trinajstić information content (AvgIpc) is 2.77. The molecule has 0 aliphatic carbocycles. The number of carbonyl (C=O) groups excluding carboxylic acids is 2. The average molecular weight is 519 g/mol. The van der Waals surface area contributed by atoms with E-state index >= 15 is 0 Å². The second kappa shape index (κ2) is 10.1. The first-order valence-corrected chi connectivity index (χ1v) is 11.8. The molecule has 4 atom stereocenters. The molecule has 2 aromatic rings. The van der Waals surface area contributed by atoms with E-state index in [1.165, 1.54) is 13.8 Å². The van der Waals surface area contributed by atoms with Gasteiger partial charge in [-0.1, -0.05) is 34.1 Å². The van der Waals surface area contributed by atoms with Crippen LogP contribution in [0.4, 0.5) is 0 Å². The van der Waals surface area contributed by atoms with Crippen LogP contribution in [0.5, 0.6) is 11.5 Å². The van der Waals surface area contributed by atoms with Crippen molar-refractivity contribution < 1.29 is 33.3 Å². The third kappa shape index (κ3) is 5.68. The number of hydrogen-bond acceptors (Lipinski definition) is 7. The summed E-state index contributed by atoms with van der Waals surface area (Å²) in [6.45, 7) is 5.62. The molecule has 8 heteroatoms. The monoisotopic (exact) mass is 518 g/mol. The molecule has 1 fully saturated rings. The fraction of sp³-hybridized carbons (Fsp3) is 0.440. The summed E-state index contributed by atoms with van der Waals surface area (Å²) in [5, 5.41) is 0. The van der Waals surface area contributed by atoms with Crippen LogP contribution in [0.3, 0.4) is 0 Å². The zero-order valence-corrected chi connectivity index (χ0v) is 20.4. The Morgan fingerprint density at radius 2 is 1.73 bits per heavy atom. The summed E-state index contributed by atoms with van der Waals surface area (Å²) >= 11 is 3.66. The SMILES string of the molecule is CC(=O)OC1[C@@H](C)O[C@@H](c2ccc(Br)c(Cc3ccc4c(c3)OCCO4)c2)C[C@H]1OC(C)=O. The fourth-order valence-corrected chi connectivity index (χ4v) is 4.68. The zero-order valence-electron chi connectivity index (χ0n) is 18.8. The summed E-state index contributed by atoms with van der Waals surface area (Å²) in [5.41, 5.74) is 3.16. The van der Waals surface area contributed by atoms with E-state index < -0.39 is 30.3 Å². The van der Waals surface area contributed by atoms with Crippen molar-refractivity contribution in [2.24, 2.45) is 0 Å². The highest BCUT2D eigenvalue weighted by Gasteiger charge is 2.41. The van der Waals surface area contributed by atoms with Crippen molar-refractivity contribution in [1.82, 2.24) is 0 Å². The minimum Gasteiger partial charge on any atom is -0.486 e. The van der Waals surface area contributed by atoms with Crippen molar-refractivity contribution in [2.75, 3.05) is 13.2 Å². The molecule has 0 saturated carbocycles. The number of rotatable bonds is 5. The molecule has 2 heterocycles. The van der Waals surface area contributed by atoms with E-state index in [0.717, 1.165) is 32.7 Å². The Hall–Kier alpha value is -2.58. The standard InChI is InChI=1S/C25H27BrO7/c1-14-25(33-16(3)28)24(32-15(2)27)13-22(31-14)18-5-6-20(26)19(12-18)10-17-4-7-21-23(11-17)30-9-8-29-21/h4-7,11-12,14,22,24-25H,8-10,13H2,1-3H3/t14-,22-,24-,25?/m1/s1. The molecule has 2 aliphatic heterocycles. The maximum atomic E-state index is 11.7. The molecule has 4 rings (SSSR count). The fourth-order valence-electron chi connectivity index (χ4n) is 4.29. The highest BCUT2D eigenvalue weighted by Crippen LogP contribution is 2.37. The molecule has 176 valence electrons. The van der Waals surface area contributed by atoms with Gasteiger partial charge in [0, 0.05) is 24.7 Å². The molecule has 0 bridgehead atoms. The molecule has 33 heavy (non-hydrogen) atoms. The Morgan fingerprint density at radius 3 is 2.45 bits per heavy atom. The van der Waals surface area contributed by atoms with Gasteiger partial charge in [-0.15, -0.1) is 0 Å². The van der Waals surface area contributed by atoms with Crippen molar-refractivity contribution in [1.29, 1.82) is 0 Å². The van der Waals surface area contributed by atoms with Crippen LogP contribution in [-0.2, 0) is 30.2 Å². The molecule has 7 nitrogen and oxygen atoms in total. The van der Waals surface area contributed by atoms with Crippen molar-refractivity contribution >= 4 is 27.9 Å². The van der Waals surface area contributed by atoms with E-state index in [1.54, 1.807) is 0 Å². The van der Waals surface area contributed by atoms with Gasteiger partial charge in [0.05, 0.1) is 12.2 Å². The summed E-state index contributed by atoms with van der Waals surface area (Å²) in [4.78, 5) is 23.2. The Bertz CT molecular complexity index is 1040. The molecular weight excluding hydrogens is 492 g/mol. The molecule has 0 radical (unpaired) electrons. The normalized spacial score (nSPS) is 24.1. The largest absolute Gasteiger partial charge is 0.486 e. The topological polar surface area (TPSA) is 80.3 Å². The first-order valence-electron chi connectivity index (χ1n) is 11.0. The minimum absolute atomic E-state index is 0.303. The first-order chi connectivity index (χ1) is 15.8. The molecule has 2 aliphatic rings. The molecule has 0 spiro atoms. The highest BCUT2D eigenvalue weighted by atomic mass is 79.9. The van der Waals surface area contributed by atoms with Gasteiger partial charge in [0.15, 0.2) is 17.6 Å². The van der Waals surface area contributed by atoms with Gasteiger partial charge < -0.3 is 23.7 Å². The predicted molar refractivity (Wildman–Crippen MR) is 123 cm³/mol. The van der Waals surface area contributed by atoms with E-state index in [1.807, 2.05) is 37.3 Å². The van der Waals surface area contributed by atoms with E-state index in [2.05, 4.69) is 22.0 Å². The van der Waals surface area contributed by atoms with Gasteiger partial charge in [-0.05, 0) is 48.2 Å². The number of esters is 2. The summed E-state index contributed by atoms with van der Waals surface area (Å²) < 4.78 is 29.4. The Morgan fingerprint density at radius 1 is 1.00 bits per heavy atom. The van der Waals surface area contributed by atoms with Crippen molar-refractivity contribution in [3.05, 3.63) is 57.6 Å². The van der Waals surface area contributed by atoms with Crippen molar-refractivity contribution in [3.8, 4) is 11.5 Å². The Kier molecular flexibility index (Phi) is 7.24. The molecule has 0 N–H and O–H groups in total. The van der Waals surface area contributed by atoms with Gasteiger partial charge in [0.1, 0.15) is 19.3 Å². The van der Waals surface area contributed by atoms with E-state index in [9.17, 15) is 9.59 Å². The third-order valence-electron chi connectivity index (χ3n) is 5.72. The zero-order chi connectivity index (χ0) is 23.5. The van der Waals surface area contributed by atoms with Gasteiger partial charge in [0.2, 0.25) is 0 Å². The Balaban J connectivity index is 1.55. The minimum atomic E-state index is -0.643. The van der Waals surface area contributed by atoms with Gasteiger partial charge in [-0.2, -0.15) is 0 Å². The molecule has 2 aromatic carbocycles. The molecule has 1 unspecified atom stereocenters. The molecule has 0 aromatic heterocycles. The van der Waals surface area contributed by atoms with Crippen LogP contribution in [0, 0.1) is 0 Å². The first kappa shape index (κ1) is 23.6. The van der Waals surface area contributed by atoms with Crippen LogP contribution in [0.15, 0.2) is 40.9 Å². The lowest BCUT2D eigenvalue weighted by molar-refractivity contribution is -0.204. The van der Waals surface area contributed by atoms with Crippen LogP contribution >= 0.6 is 15.9 Å². The van der Waals surface area contributed by atoms with Crippen molar-refractivity contribution in [3.63, 3.8) is 0 Å². The maximum absolute atomic E-state index is 11.7. The number of hydrogen-bond donors (Lipinski definition) is 0. The van der Waals surface area contributed by atoms with Crippen LogP contribution in [-0.4, -0.2) is 43.5 Å². The predicted octanol–water partition coefficient (Wildman–Crippen LogP) is 4.52. The number of halogens is 1. The lowest BCUT2D eigenvalue weighted by Gasteiger charge is -2.39. The van der Waals surface area contributed by atoms with Gasteiger partial charge in [-0.3, -0.25) is 9.59 Å². The highest BCUT2D eigenvalue weighted by molar-refractivity contribution is 9.10. The number of benzene rings is 2. The Labute approximate surface area is 201 Å². The van der Waals surface area contributed by atoms with Gasteiger partial charge in [-0.25, -0.2) is 0 Å². The smallest absolute Gasteiger partial charge is 0.303 e. The van der Waals surface area contributed by atoms with Crippen LogP contribution in [0.25, 0.3) is 0 Å². The molecule has 1 saturated heterocycles. The summed E-state index contributed by atoms with van der Waals surface area (Å²) in [7, 11) is 0. The maximum Gasteiger partial charge on any atom is 0.303 e. The van der Waals surface area contributed by atoms with E-state index in [4.69, 9.17) is 23.7 Å². The van der Waals surface area contributed by atoms with E-state index in [-0.39, 0.29) is 6.10 Å². The summed E-state index contributed by atoms with van der Waals surface area (Å²) in [6, 6.07) is 12.1.